The summed E-state index contributed by atoms with van der Waals surface area (Å²) in [7, 11) is 9.32. The number of carbonyl (C=O) groups is 8. The van der Waals surface area contributed by atoms with Gasteiger partial charge in [-0.15, -0.1) is 0 Å². The van der Waals surface area contributed by atoms with Crippen LogP contribution in [0.2, 0.25) is 10.0 Å². The number of nitrogens with one attached hydrogen (secondary N) is 1. The number of alkyl carbamates (subject to hydrolysis) is 1. The third kappa shape index (κ3) is 21.6. The number of hydrogen-bond donors (Lipinski definition) is 2. The number of aryl methyl sites for hydroxylation is 4. The third-order valence-electron chi connectivity index (χ3n) is 16.3. The van der Waals surface area contributed by atoms with Crippen LogP contribution >= 0.6 is 23.2 Å². The molecule has 22 heteroatoms. The molecule has 4 amide bonds. The summed E-state index contributed by atoms with van der Waals surface area (Å²) in [5.74, 6) is -2.35. The average Bonchev–Trinajstić information content (AvgIpc) is 1.75. The van der Waals surface area contributed by atoms with E-state index in [1.54, 1.807) is 127 Å². The zero-order valence-electron chi connectivity index (χ0n) is 57.8. The molecule has 4 aliphatic rings. The van der Waals surface area contributed by atoms with Gasteiger partial charge in [0.2, 0.25) is 0 Å². The summed E-state index contributed by atoms with van der Waals surface area (Å²) < 4.78 is 25.0. The molecule has 0 fully saturated rings. The molecule has 0 bridgehead atoms. The molecule has 3 N–H and O–H groups in total. The summed E-state index contributed by atoms with van der Waals surface area (Å²) in [6.45, 7) is 16.4. The van der Waals surface area contributed by atoms with E-state index in [0.29, 0.717) is 37.9 Å². The van der Waals surface area contributed by atoms with E-state index in [2.05, 4.69) is 11.9 Å². The Morgan fingerprint density at radius 2 is 0.856 bits per heavy atom. The Hall–Kier alpha value is -8.70. The van der Waals surface area contributed by atoms with Crippen LogP contribution in [-0.2, 0) is 49.4 Å². The van der Waals surface area contributed by atoms with E-state index in [4.69, 9.17) is 52.0 Å². The van der Waals surface area contributed by atoms with Gasteiger partial charge in [0.05, 0.1) is 88.9 Å². The van der Waals surface area contributed by atoms with Crippen LogP contribution in [0.25, 0.3) is 0 Å². The van der Waals surface area contributed by atoms with Crippen molar-refractivity contribution >= 4 is 71.1 Å². The fraction of sp³-hybridized carbons (Fsp3) is 0.360. The largest absolute Gasteiger partial charge is 1.00 e. The molecule has 0 radical (unpaired) electrons. The van der Waals surface area contributed by atoms with Gasteiger partial charge in [0.15, 0.2) is 0 Å². The topological polar surface area (TPSA) is 255 Å². The van der Waals surface area contributed by atoms with Crippen LogP contribution in [0.4, 0.5) is 9.59 Å². The zero-order valence-corrected chi connectivity index (χ0v) is 59.3. The predicted molar refractivity (Wildman–Crippen MR) is 368 cm³/mol. The van der Waals surface area contributed by atoms with Crippen molar-refractivity contribution < 1.29 is 91.5 Å². The third-order valence-corrected chi connectivity index (χ3v) is 16.9. The maximum Gasteiger partial charge on any atom is 1.00 e. The number of allylic oxidation sites excluding steroid dienone is 3. The first-order valence-electron chi connectivity index (χ1n) is 31.2. The molecule has 0 heterocycles. The van der Waals surface area contributed by atoms with Gasteiger partial charge < -0.3 is 54.3 Å². The van der Waals surface area contributed by atoms with Crippen molar-refractivity contribution in [2.24, 2.45) is 0 Å². The maximum atomic E-state index is 12.8. The molecular formula is C75H87Cl2LiN4O15. The molecule has 97 heavy (non-hydrogen) atoms. The second kappa shape index (κ2) is 36.6. The second-order valence-electron chi connectivity index (χ2n) is 25.0. The van der Waals surface area contributed by atoms with Crippen LogP contribution in [0.15, 0.2) is 146 Å². The van der Waals surface area contributed by atoms with Gasteiger partial charge in [-0.2, -0.15) is 0 Å². The smallest absolute Gasteiger partial charge is 0.870 e. The standard InChI is InChI=1S/C19H18ClNO3.C18H16ClNO3.C17H23NO4.C16H21NO4.C5H8.Li.H2O/c1-21(18(22)14-5-3-4-6-16(14)20)17-10-9-12-7-8-13(11-15(12)17)19(23)24-2;1-20(17(21)13-4-2-3-5-15(13)19)16-9-8-11-6-7-12(18(22)23)10-14(11)16;1-17(2,3)22-16(20)18(4)14-9-8-11-6-7-12(10-13(11)14)15(19)21-5;1-16(2,3)21-15(19)17-13-8-7-10-5-6-11(9-12(10)13)14(18)20-4;1-3-5-4-2;;/h3-8,11,17H,9-10H2,1-2H3;2-7,10,16H,8-9H2,1H3,(H,22,23);6-7,10,14H,8-9H2,1-5H3;5-6,9,13H,7-8H2,1-4H3,(H,17,19);3-5H,1H2,2H3;;1H2/q;;;;;+1;/p-1/b;;;;5-4-;;. The summed E-state index contributed by atoms with van der Waals surface area (Å²) in [5.41, 5.74) is 10.1. The van der Waals surface area contributed by atoms with Gasteiger partial charge >= 0.3 is 54.9 Å². The van der Waals surface area contributed by atoms with Crippen LogP contribution in [0, 0.1) is 0 Å². The van der Waals surface area contributed by atoms with Gasteiger partial charge in [-0.25, -0.2) is 28.8 Å². The average molecular weight is 1360 g/mol. The molecule has 0 saturated carbocycles. The number of methoxy groups -OCH3 is 3. The number of ether oxygens (including phenoxy) is 5. The molecule has 0 saturated heterocycles. The first-order chi connectivity index (χ1) is 44.9. The van der Waals surface area contributed by atoms with Gasteiger partial charge in [-0.05, 0) is 217 Å². The van der Waals surface area contributed by atoms with Crippen LogP contribution < -0.4 is 24.2 Å². The predicted octanol–water partition coefficient (Wildman–Crippen LogP) is 12.6. The monoisotopic (exact) mass is 1360 g/mol. The van der Waals surface area contributed by atoms with E-state index in [9.17, 15) is 38.4 Å². The second-order valence-corrected chi connectivity index (χ2v) is 25.8. The fourth-order valence-corrected chi connectivity index (χ4v) is 12.0. The number of aromatic carboxylic acids is 1. The number of benzene rings is 6. The van der Waals surface area contributed by atoms with E-state index >= 15 is 0 Å². The molecule has 4 unspecified atom stereocenters. The molecule has 0 spiro atoms. The minimum absolute atomic E-state index is 0. The summed E-state index contributed by atoms with van der Waals surface area (Å²) in [6, 6.07) is 35.2. The number of hydrogen-bond acceptors (Lipinski definition) is 14. The number of amides is 4. The zero-order chi connectivity index (χ0) is 70.1. The van der Waals surface area contributed by atoms with Gasteiger partial charge in [0.25, 0.3) is 11.8 Å². The molecule has 4 aliphatic carbocycles. The Kier molecular flexibility index (Phi) is 30.5. The Balaban J connectivity index is 0.000000267. The minimum Gasteiger partial charge on any atom is -0.870 e. The van der Waals surface area contributed by atoms with E-state index in [0.717, 1.165) is 95.9 Å². The van der Waals surface area contributed by atoms with Crippen LogP contribution in [0.1, 0.15) is 205 Å². The number of fused-ring (bicyclic) bond motifs is 4. The van der Waals surface area contributed by atoms with Crippen molar-refractivity contribution in [3.63, 3.8) is 0 Å². The number of carbonyl (C=O) groups excluding carboxylic acids is 7. The minimum atomic E-state index is -0.960. The van der Waals surface area contributed by atoms with Crippen molar-refractivity contribution in [1.29, 1.82) is 0 Å². The van der Waals surface area contributed by atoms with Crippen molar-refractivity contribution in [2.45, 2.75) is 135 Å². The Morgan fingerprint density at radius 1 is 0.515 bits per heavy atom. The Bertz CT molecular complexity index is 3840. The number of carboxylic acids is 1. The van der Waals surface area contributed by atoms with Gasteiger partial charge in [0.1, 0.15) is 11.2 Å². The van der Waals surface area contributed by atoms with Gasteiger partial charge in [-0.1, -0.05) is 96.5 Å². The Morgan fingerprint density at radius 3 is 1.20 bits per heavy atom. The molecule has 10 rings (SSSR count). The maximum absolute atomic E-state index is 12.8. The molecule has 0 aromatic heterocycles. The molecule has 6 aromatic carbocycles. The summed E-state index contributed by atoms with van der Waals surface area (Å²) in [5, 5.41) is 12.9. The molecule has 4 atom stereocenters. The van der Waals surface area contributed by atoms with E-state index in [-0.39, 0.29) is 89.9 Å². The SMILES string of the molecule is C=C/C=C\C.CN(C(=O)c1ccccc1Cl)C1CCc2ccc(C(=O)O)cc21.COC(=O)c1ccc2c(c1)C(N(C)C(=O)OC(C)(C)C)CC2.COC(=O)c1ccc2c(c1)C(N(C)C(=O)c1ccccc1Cl)CC2.COC(=O)c1ccc2c(c1)C(NC(=O)OC(C)(C)C)CC2.[Li+].[OH-]. The number of halogens is 2. The van der Waals surface area contributed by atoms with Crippen molar-refractivity contribution in [3.05, 3.63) is 234 Å². The molecular weight excluding hydrogens is 1270 g/mol. The van der Waals surface area contributed by atoms with Crippen LogP contribution in [0.3, 0.4) is 0 Å². The normalized spacial score (nSPS) is 15.7. The number of carboxylic acid groups (broad SMARTS) is 1. The first-order valence-corrected chi connectivity index (χ1v) is 31.9. The number of nitrogens with zero attached hydrogens (tertiary/aromatic N) is 3. The van der Waals surface area contributed by atoms with E-state index in [1.807, 2.05) is 97.0 Å². The molecule has 19 nitrogen and oxygen atoms in total. The van der Waals surface area contributed by atoms with E-state index in [1.165, 1.54) is 21.3 Å². The van der Waals surface area contributed by atoms with E-state index < -0.39 is 23.3 Å². The summed E-state index contributed by atoms with van der Waals surface area (Å²) >= 11 is 12.3. The van der Waals surface area contributed by atoms with Crippen molar-refractivity contribution in [1.82, 2.24) is 20.0 Å². The molecule has 6 aromatic rings. The quantitative estimate of drug-likeness (QED) is 0.0529. The molecule has 0 aliphatic heterocycles. The van der Waals surface area contributed by atoms with Crippen LogP contribution in [0.5, 0.6) is 0 Å². The Labute approximate surface area is 590 Å². The number of rotatable bonds is 11. The first kappa shape index (κ1) is 80.7. The van der Waals surface area contributed by atoms with Crippen LogP contribution in [-0.4, -0.2) is 127 Å². The van der Waals surface area contributed by atoms with Gasteiger partial charge in [0, 0.05) is 21.1 Å². The summed E-state index contributed by atoms with van der Waals surface area (Å²) in [6.07, 6.45) is 11.5. The fourth-order valence-electron chi connectivity index (χ4n) is 11.5. The molecule has 512 valence electrons. The number of esters is 3. The van der Waals surface area contributed by atoms with Crippen molar-refractivity contribution in [3.8, 4) is 0 Å². The van der Waals surface area contributed by atoms with Gasteiger partial charge in [-0.3, -0.25) is 9.59 Å². The summed E-state index contributed by atoms with van der Waals surface area (Å²) in [4.78, 5) is 101. The van der Waals surface area contributed by atoms with Crippen molar-refractivity contribution in [2.75, 3.05) is 42.5 Å².